The molecule has 11 rings (SSSR count). The lowest BCUT2D eigenvalue weighted by atomic mass is 9.97. The van der Waals surface area contributed by atoms with Gasteiger partial charge in [-0.05, 0) is 54.1 Å². The molecule has 0 saturated carbocycles. The number of aromatic nitrogens is 3. The van der Waals surface area contributed by atoms with Gasteiger partial charge in [-0.2, -0.15) is 0 Å². The molecule has 0 N–H and O–H groups in total. The highest BCUT2D eigenvalue weighted by Gasteiger charge is 2.22. The van der Waals surface area contributed by atoms with E-state index in [2.05, 4.69) is 72.8 Å². The summed E-state index contributed by atoms with van der Waals surface area (Å²) in [7, 11) is 0. The summed E-state index contributed by atoms with van der Waals surface area (Å²) >= 11 is 1.82. The van der Waals surface area contributed by atoms with Crippen molar-refractivity contribution in [2.24, 2.45) is 0 Å². The molecule has 7 aromatic carbocycles. The van der Waals surface area contributed by atoms with Crippen molar-refractivity contribution in [2.45, 2.75) is 0 Å². The standard InChI is InChI=1S/C45H25N3O2S/c1-2-11-26(12-3-1)43-46-44(48-45(47-43)34-17-10-16-31-29-13-4-7-18-36(29)49-41(31)34)33-23-22-28(42-40(33)32-15-5-8-19-37(32)50-42)27-21-24-39-35(25-27)30-14-6-9-20-38(30)51-39/h1-25H. The number of thiophene rings is 1. The van der Waals surface area contributed by atoms with E-state index in [9.17, 15) is 0 Å². The van der Waals surface area contributed by atoms with Gasteiger partial charge in [-0.15, -0.1) is 11.3 Å². The molecule has 4 aromatic heterocycles. The number of para-hydroxylation sites is 3. The first-order chi connectivity index (χ1) is 25.3. The maximum Gasteiger partial charge on any atom is 0.167 e. The molecule has 51 heavy (non-hydrogen) atoms. The highest BCUT2D eigenvalue weighted by molar-refractivity contribution is 7.25. The van der Waals surface area contributed by atoms with Gasteiger partial charge in [-0.25, -0.2) is 15.0 Å². The Labute approximate surface area is 295 Å². The molecule has 0 atom stereocenters. The Morgan fingerprint density at radius 1 is 0.373 bits per heavy atom. The molecule has 0 aliphatic heterocycles. The highest BCUT2D eigenvalue weighted by atomic mass is 32.1. The predicted molar refractivity (Wildman–Crippen MR) is 209 cm³/mol. The van der Waals surface area contributed by atoms with Crippen LogP contribution in [-0.4, -0.2) is 15.0 Å². The van der Waals surface area contributed by atoms with Crippen LogP contribution in [0.5, 0.6) is 0 Å². The SMILES string of the molecule is c1ccc(-c2nc(-c3cccc4c3oc3ccccc34)nc(-c3ccc(-c4ccc5sc6ccccc6c5c4)c4oc5ccccc5c34)n2)cc1. The minimum atomic E-state index is 0.545. The van der Waals surface area contributed by atoms with Crippen LogP contribution in [0.15, 0.2) is 160 Å². The van der Waals surface area contributed by atoms with Crippen molar-refractivity contribution in [3.63, 3.8) is 0 Å². The van der Waals surface area contributed by atoms with E-state index in [0.29, 0.717) is 17.5 Å². The van der Waals surface area contributed by atoms with Crippen molar-refractivity contribution < 1.29 is 8.83 Å². The molecule has 4 heterocycles. The summed E-state index contributed by atoms with van der Waals surface area (Å²) in [6, 6.07) is 52.1. The van der Waals surface area contributed by atoms with Crippen LogP contribution in [-0.2, 0) is 0 Å². The molecule has 11 aromatic rings. The molecule has 238 valence electrons. The van der Waals surface area contributed by atoms with Crippen molar-refractivity contribution in [1.82, 2.24) is 15.0 Å². The first-order valence-corrected chi connectivity index (χ1v) is 17.7. The Bertz CT molecular complexity index is 3160. The van der Waals surface area contributed by atoms with Crippen molar-refractivity contribution in [3.05, 3.63) is 152 Å². The van der Waals surface area contributed by atoms with Gasteiger partial charge in [-0.3, -0.25) is 0 Å². The van der Waals surface area contributed by atoms with Crippen LogP contribution in [0.4, 0.5) is 0 Å². The molecule has 5 nitrogen and oxygen atoms in total. The average molecular weight is 672 g/mol. The van der Waals surface area contributed by atoms with Gasteiger partial charge in [0.1, 0.15) is 22.3 Å². The summed E-state index contributed by atoms with van der Waals surface area (Å²) in [6.45, 7) is 0. The van der Waals surface area contributed by atoms with Crippen LogP contribution in [0.3, 0.4) is 0 Å². The van der Waals surface area contributed by atoms with E-state index in [0.717, 1.165) is 71.7 Å². The monoisotopic (exact) mass is 671 g/mol. The lowest BCUT2D eigenvalue weighted by molar-refractivity contribution is 0.669. The zero-order valence-corrected chi connectivity index (χ0v) is 27.8. The number of rotatable bonds is 4. The zero-order valence-electron chi connectivity index (χ0n) is 27.0. The third-order valence-corrected chi connectivity index (χ3v) is 10.9. The Morgan fingerprint density at radius 2 is 1.00 bits per heavy atom. The number of nitrogens with zero attached hydrogens (tertiary/aromatic N) is 3. The molecule has 0 unspecified atom stereocenters. The van der Waals surface area contributed by atoms with Crippen LogP contribution in [0.25, 0.3) is 109 Å². The van der Waals surface area contributed by atoms with Crippen molar-refractivity contribution >= 4 is 75.4 Å². The van der Waals surface area contributed by atoms with Gasteiger partial charge in [0, 0.05) is 58.4 Å². The van der Waals surface area contributed by atoms with Gasteiger partial charge in [-0.1, -0.05) is 103 Å². The van der Waals surface area contributed by atoms with Gasteiger partial charge in [0.2, 0.25) is 0 Å². The van der Waals surface area contributed by atoms with Crippen LogP contribution in [0, 0.1) is 0 Å². The summed E-state index contributed by atoms with van der Waals surface area (Å²) in [6.07, 6.45) is 0. The molecular formula is C45H25N3O2S. The van der Waals surface area contributed by atoms with Crippen molar-refractivity contribution in [1.29, 1.82) is 0 Å². The summed E-state index contributed by atoms with van der Waals surface area (Å²) in [5.41, 5.74) is 7.90. The van der Waals surface area contributed by atoms with Gasteiger partial charge >= 0.3 is 0 Å². The summed E-state index contributed by atoms with van der Waals surface area (Å²) < 4.78 is 15.7. The van der Waals surface area contributed by atoms with E-state index < -0.39 is 0 Å². The molecule has 0 aliphatic rings. The van der Waals surface area contributed by atoms with Gasteiger partial charge in [0.15, 0.2) is 17.5 Å². The van der Waals surface area contributed by atoms with E-state index in [-0.39, 0.29) is 0 Å². The smallest absolute Gasteiger partial charge is 0.167 e. The second kappa shape index (κ2) is 10.9. The maximum absolute atomic E-state index is 6.72. The number of fused-ring (bicyclic) bond motifs is 9. The molecular weight excluding hydrogens is 647 g/mol. The molecule has 0 amide bonds. The molecule has 0 saturated heterocycles. The topological polar surface area (TPSA) is 65.0 Å². The van der Waals surface area contributed by atoms with E-state index in [1.807, 2.05) is 90.2 Å². The average Bonchev–Trinajstić information content (AvgIpc) is 3.89. The van der Waals surface area contributed by atoms with E-state index >= 15 is 0 Å². The molecule has 6 heteroatoms. The maximum atomic E-state index is 6.72. The Kier molecular flexibility index (Phi) is 6.05. The largest absolute Gasteiger partial charge is 0.455 e. The van der Waals surface area contributed by atoms with E-state index in [1.165, 1.54) is 20.2 Å². The second-order valence-corrected chi connectivity index (χ2v) is 13.8. The lowest BCUT2D eigenvalue weighted by Gasteiger charge is -2.11. The van der Waals surface area contributed by atoms with Crippen LogP contribution in [0.2, 0.25) is 0 Å². The van der Waals surface area contributed by atoms with Gasteiger partial charge in [0.05, 0.1) is 5.56 Å². The normalized spacial score (nSPS) is 11.9. The molecule has 0 spiro atoms. The fourth-order valence-corrected chi connectivity index (χ4v) is 8.48. The van der Waals surface area contributed by atoms with Crippen LogP contribution >= 0.6 is 11.3 Å². The molecule has 0 radical (unpaired) electrons. The quantitative estimate of drug-likeness (QED) is 0.186. The minimum Gasteiger partial charge on any atom is -0.455 e. The summed E-state index contributed by atoms with van der Waals surface area (Å²) in [4.78, 5) is 15.4. The third kappa shape index (κ3) is 4.37. The zero-order chi connectivity index (χ0) is 33.5. The van der Waals surface area contributed by atoms with Crippen molar-refractivity contribution in [2.75, 3.05) is 0 Å². The van der Waals surface area contributed by atoms with Crippen molar-refractivity contribution in [3.8, 4) is 45.3 Å². The first kappa shape index (κ1) is 28.2. The van der Waals surface area contributed by atoms with E-state index in [4.69, 9.17) is 23.8 Å². The Balaban J connectivity index is 1.18. The summed E-state index contributed by atoms with van der Waals surface area (Å²) in [5, 5.41) is 6.57. The van der Waals surface area contributed by atoms with Gasteiger partial charge < -0.3 is 8.83 Å². The fourth-order valence-electron chi connectivity index (χ4n) is 7.39. The number of hydrogen-bond donors (Lipinski definition) is 0. The molecule has 0 fully saturated rings. The third-order valence-electron chi connectivity index (χ3n) is 9.77. The highest BCUT2D eigenvalue weighted by Crippen LogP contribution is 2.44. The first-order valence-electron chi connectivity index (χ1n) is 16.9. The summed E-state index contributed by atoms with van der Waals surface area (Å²) in [5.74, 6) is 1.70. The lowest BCUT2D eigenvalue weighted by Crippen LogP contribution is -2.00. The minimum absolute atomic E-state index is 0.545. The molecule has 0 bridgehead atoms. The number of benzene rings is 7. The van der Waals surface area contributed by atoms with Gasteiger partial charge in [0.25, 0.3) is 0 Å². The molecule has 0 aliphatic carbocycles. The predicted octanol–water partition coefficient (Wildman–Crippen LogP) is 12.7. The second-order valence-electron chi connectivity index (χ2n) is 12.7. The van der Waals surface area contributed by atoms with E-state index in [1.54, 1.807) is 0 Å². The number of furan rings is 2. The van der Waals surface area contributed by atoms with Crippen LogP contribution < -0.4 is 0 Å². The Hall–Kier alpha value is -6.63. The Morgan fingerprint density at radius 3 is 1.86 bits per heavy atom. The number of hydrogen-bond acceptors (Lipinski definition) is 6. The fraction of sp³-hybridized carbons (Fsp3) is 0. The van der Waals surface area contributed by atoms with Crippen LogP contribution in [0.1, 0.15) is 0 Å².